The standard InChI is InChI=1S/C12H16BrN3O3/c1-2-5-16(7-11(14)15-19)12(18)9-6-8(13)3-4-10(9)17/h3-4,6,17,19H,2,5,7H2,1H3,(H2,14,15). The summed E-state index contributed by atoms with van der Waals surface area (Å²) in [5.74, 6) is -0.530. The molecular weight excluding hydrogens is 314 g/mol. The van der Waals surface area contributed by atoms with Crippen LogP contribution in [0.15, 0.2) is 27.8 Å². The highest BCUT2D eigenvalue weighted by molar-refractivity contribution is 9.10. The molecule has 1 aromatic rings. The number of halogens is 1. The highest BCUT2D eigenvalue weighted by atomic mass is 79.9. The van der Waals surface area contributed by atoms with Crippen molar-refractivity contribution in [3.63, 3.8) is 0 Å². The molecular formula is C12H16BrN3O3. The van der Waals surface area contributed by atoms with Gasteiger partial charge in [0.25, 0.3) is 5.91 Å². The van der Waals surface area contributed by atoms with Crippen LogP contribution >= 0.6 is 15.9 Å². The maximum absolute atomic E-state index is 12.3. The van der Waals surface area contributed by atoms with Crippen molar-refractivity contribution in [1.82, 2.24) is 4.90 Å². The van der Waals surface area contributed by atoms with Gasteiger partial charge in [0.1, 0.15) is 5.75 Å². The molecule has 7 heteroatoms. The van der Waals surface area contributed by atoms with Crippen LogP contribution in [0.3, 0.4) is 0 Å². The highest BCUT2D eigenvalue weighted by Gasteiger charge is 2.19. The molecule has 104 valence electrons. The molecule has 1 rings (SSSR count). The van der Waals surface area contributed by atoms with E-state index in [-0.39, 0.29) is 29.6 Å². The van der Waals surface area contributed by atoms with E-state index in [1.807, 2.05) is 6.92 Å². The van der Waals surface area contributed by atoms with Crippen LogP contribution in [-0.2, 0) is 0 Å². The number of carbonyl (C=O) groups is 1. The Kier molecular flexibility index (Phi) is 5.62. The van der Waals surface area contributed by atoms with Crippen molar-refractivity contribution in [2.45, 2.75) is 13.3 Å². The molecule has 0 saturated carbocycles. The van der Waals surface area contributed by atoms with Gasteiger partial charge < -0.3 is 20.9 Å². The van der Waals surface area contributed by atoms with E-state index in [0.29, 0.717) is 11.0 Å². The second-order valence-electron chi connectivity index (χ2n) is 3.98. The van der Waals surface area contributed by atoms with Crippen molar-refractivity contribution in [1.29, 1.82) is 0 Å². The molecule has 0 aliphatic heterocycles. The van der Waals surface area contributed by atoms with E-state index in [4.69, 9.17) is 10.9 Å². The third kappa shape index (κ3) is 4.13. The van der Waals surface area contributed by atoms with Gasteiger partial charge in [-0.05, 0) is 24.6 Å². The zero-order valence-electron chi connectivity index (χ0n) is 10.5. The number of carbonyl (C=O) groups excluding carboxylic acids is 1. The number of nitrogens with two attached hydrogens (primary N) is 1. The van der Waals surface area contributed by atoms with E-state index in [1.165, 1.54) is 17.0 Å². The van der Waals surface area contributed by atoms with Gasteiger partial charge in [-0.1, -0.05) is 28.0 Å². The Labute approximate surface area is 119 Å². The monoisotopic (exact) mass is 329 g/mol. The van der Waals surface area contributed by atoms with E-state index in [1.54, 1.807) is 6.07 Å². The molecule has 4 N–H and O–H groups in total. The quantitative estimate of drug-likeness (QED) is 0.331. The average molecular weight is 330 g/mol. The van der Waals surface area contributed by atoms with Crippen LogP contribution in [0.1, 0.15) is 23.7 Å². The Morgan fingerprint density at radius 2 is 2.21 bits per heavy atom. The smallest absolute Gasteiger partial charge is 0.258 e. The Morgan fingerprint density at radius 1 is 1.53 bits per heavy atom. The fraction of sp³-hybridized carbons (Fsp3) is 0.333. The minimum Gasteiger partial charge on any atom is -0.507 e. The van der Waals surface area contributed by atoms with Crippen molar-refractivity contribution in [2.24, 2.45) is 10.9 Å². The summed E-state index contributed by atoms with van der Waals surface area (Å²) in [6, 6.07) is 4.61. The number of benzene rings is 1. The third-order valence-corrected chi connectivity index (χ3v) is 2.94. The van der Waals surface area contributed by atoms with Crippen molar-refractivity contribution in [3.8, 4) is 5.75 Å². The molecule has 6 nitrogen and oxygen atoms in total. The van der Waals surface area contributed by atoms with Crippen LogP contribution in [0.5, 0.6) is 5.75 Å². The van der Waals surface area contributed by atoms with Crippen LogP contribution in [0, 0.1) is 0 Å². The third-order valence-electron chi connectivity index (χ3n) is 2.45. The first-order valence-corrected chi connectivity index (χ1v) is 6.53. The predicted octanol–water partition coefficient (Wildman–Crippen LogP) is 1.75. The largest absolute Gasteiger partial charge is 0.507 e. The first-order valence-electron chi connectivity index (χ1n) is 5.73. The second-order valence-corrected chi connectivity index (χ2v) is 4.90. The molecule has 19 heavy (non-hydrogen) atoms. The minimum atomic E-state index is -0.368. The number of rotatable bonds is 5. The van der Waals surface area contributed by atoms with Crippen LogP contribution < -0.4 is 5.73 Å². The molecule has 0 aliphatic carbocycles. The van der Waals surface area contributed by atoms with Crippen molar-refractivity contribution >= 4 is 27.7 Å². The summed E-state index contributed by atoms with van der Waals surface area (Å²) < 4.78 is 0.689. The Hall–Kier alpha value is -1.76. The normalized spacial score (nSPS) is 11.4. The van der Waals surface area contributed by atoms with E-state index >= 15 is 0 Å². The van der Waals surface area contributed by atoms with Gasteiger partial charge in [0.2, 0.25) is 0 Å². The maximum atomic E-state index is 12.3. The molecule has 1 amide bonds. The van der Waals surface area contributed by atoms with Gasteiger partial charge in [-0.2, -0.15) is 0 Å². The number of nitrogens with zero attached hydrogens (tertiary/aromatic N) is 2. The van der Waals surface area contributed by atoms with Crippen molar-refractivity contribution in [3.05, 3.63) is 28.2 Å². The molecule has 0 atom stereocenters. The molecule has 0 aliphatic rings. The van der Waals surface area contributed by atoms with E-state index < -0.39 is 0 Å². The van der Waals surface area contributed by atoms with E-state index in [9.17, 15) is 9.90 Å². The lowest BCUT2D eigenvalue weighted by atomic mass is 10.1. The zero-order valence-corrected chi connectivity index (χ0v) is 12.1. The van der Waals surface area contributed by atoms with E-state index in [2.05, 4.69) is 21.1 Å². The lowest BCUT2D eigenvalue weighted by Gasteiger charge is -2.21. The Bertz CT molecular complexity index is 491. The lowest BCUT2D eigenvalue weighted by molar-refractivity contribution is 0.0775. The molecule has 1 aromatic carbocycles. The van der Waals surface area contributed by atoms with Crippen molar-refractivity contribution in [2.75, 3.05) is 13.1 Å². The Morgan fingerprint density at radius 3 is 2.79 bits per heavy atom. The number of phenolic OH excluding ortho intramolecular Hbond substituents is 1. The van der Waals surface area contributed by atoms with E-state index in [0.717, 1.165) is 6.42 Å². The molecule has 0 aromatic heterocycles. The molecule has 0 bridgehead atoms. The number of hydrogen-bond acceptors (Lipinski definition) is 4. The SMILES string of the molecule is CCCN(C/C(N)=N/O)C(=O)c1cc(Br)ccc1O. The first-order chi connectivity index (χ1) is 8.99. The molecule has 0 spiro atoms. The average Bonchev–Trinajstić information content (AvgIpc) is 2.40. The highest BCUT2D eigenvalue weighted by Crippen LogP contribution is 2.23. The topological polar surface area (TPSA) is 99.1 Å². The molecule has 0 saturated heterocycles. The molecule has 0 unspecified atom stereocenters. The Balaban J connectivity index is 3.01. The summed E-state index contributed by atoms with van der Waals surface area (Å²) in [6.07, 6.45) is 0.721. The fourth-order valence-corrected chi connectivity index (χ4v) is 1.96. The fourth-order valence-electron chi connectivity index (χ4n) is 1.60. The number of phenols is 1. The molecule has 0 radical (unpaired) electrons. The van der Waals surface area contributed by atoms with Gasteiger partial charge in [0.15, 0.2) is 5.84 Å². The predicted molar refractivity (Wildman–Crippen MR) is 75.4 cm³/mol. The van der Waals surface area contributed by atoms with Gasteiger partial charge in [0.05, 0.1) is 12.1 Å². The lowest BCUT2D eigenvalue weighted by Crippen LogP contribution is -2.39. The molecule has 0 heterocycles. The zero-order chi connectivity index (χ0) is 14.4. The minimum absolute atomic E-state index is 0.00905. The van der Waals surface area contributed by atoms with Gasteiger partial charge >= 0.3 is 0 Å². The summed E-state index contributed by atoms with van der Waals surface area (Å²) in [5.41, 5.74) is 5.60. The number of oxime groups is 1. The van der Waals surface area contributed by atoms with Gasteiger partial charge in [-0.3, -0.25) is 4.79 Å². The number of amides is 1. The first kappa shape index (κ1) is 15.3. The van der Waals surface area contributed by atoms with Crippen molar-refractivity contribution < 1.29 is 15.1 Å². The van der Waals surface area contributed by atoms with Gasteiger partial charge in [0, 0.05) is 11.0 Å². The summed E-state index contributed by atoms with van der Waals surface area (Å²) >= 11 is 3.25. The summed E-state index contributed by atoms with van der Waals surface area (Å²) in [4.78, 5) is 13.7. The number of amidine groups is 1. The second kappa shape index (κ2) is 6.98. The number of hydrogen-bond donors (Lipinski definition) is 3. The number of aromatic hydroxyl groups is 1. The maximum Gasteiger partial charge on any atom is 0.258 e. The summed E-state index contributed by atoms with van der Waals surface area (Å²) in [7, 11) is 0. The van der Waals surface area contributed by atoms with Crippen LogP contribution in [-0.4, -0.2) is 40.0 Å². The van der Waals surface area contributed by atoms with Crippen LogP contribution in [0.25, 0.3) is 0 Å². The van der Waals surface area contributed by atoms with Gasteiger partial charge in [-0.15, -0.1) is 0 Å². The summed E-state index contributed by atoms with van der Waals surface area (Å²) in [5, 5.41) is 21.2. The van der Waals surface area contributed by atoms with Crippen LogP contribution in [0.2, 0.25) is 0 Å². The summed E-state index contributed by atoms with van der Waals surface area (Å²) in [6.45, 7) is 2.36. The van der Waals surface area contributed by atoms with Crippen LogP contribution in [0.4, 0.5) is 0 Å². The molecule has 0 fully saturated rings. The van der Waals surface area contributed by atoms with Gasteiger partial charge in [-0.25, -0.2) is 0 Å².